The molecule has 0 radical (unpaired) electrons. The summed E-state index contributed by atoms with van der Waals surface area (Å²) < 4.78 is 1.68. The quantitative estimate of drug-likeness (QED) is 0.149. The first-order valence-electron chi connectivity index (χ1n) is 14.0. The number of aromatic nitrogens is 5. The van der Waals surface area contributed by atoms with Crippen molar-refractivity contribution in [3.05, 3.63) is 60.6 Å². The molecule has 43 heavy (non-hydrogen) atoms. The molecule has 0 unspecified atom stereocenters. The van der Waals surface area contributed by atoms with Crippen molar-refractivity contribution in [2.45, 2.75) is 32.2 Å². The molecular weight excluding hydrogens is 544 g/mol. The lowest BCUT2D eigenvalue weighted by molar-refractivity contribution is -0.133. The van der Waals surface area contributed by atoms with E-state index in [2.05, 4.69) is 60.9 Å². The Morgan fingerprint density at radius 3 is 2.63 bits per heavy atom. The molecule has 0 aliphatic heterocycles. The van der Waals surface area contributed by atoms with E-state index in [1.54, 1.807) is 29.3 Å². The molecule has 0 aliphatic rings. The fraction of sp³-hybridized carbons (Fsp3) is 0.355. The summed E-state index contributed by atoms with van der Waals surface area (Å²) in [6, 6.07) is 6.68. The van der Waals surface area contributed by atoms with Crippen LogP contribution in [0.15, 0.2) is 55.0 Å². The molecule has 0 spiro atoms. The summed E-state index contributed by atoms with van der Waals surface area (Å²) in [4.78, 5) is 37.1. The van der Waals surface area contributed by atoms with Crippen LogP contribution in [0.2, 0.25) is 0 Å². The number of carbonyl (C=O) groups is 2. The maximum Gasteiger partial charge on any atom is 0.255 e. The minimum atomic E-state index is -0.995. The van der Waals surface area contributed by atoms with E-state index in [0.717, 1.165) is 24.3 Å². The summed E-state index contributed by atoms with van der Waals surface area (Å²) in [6.07, 6.45) is 15.8. The Morgan fingerprint density at radius 1 is 1.16 bits per heavy atom. The first-order chi connectivity index (χ1) is 20.8. The highest BCUT2D eigenvalue weighted by atomic mass is 16.2. The van der Waals surface area contributed by atoms with E-state index in [1.807, 2.05) is 43.3 Å². The van der Waals surface area contributed by atoms with Gasteiger partial charge in [-0.3, -0.25) is 9.59 Å². The zero-order valence-electron chi connectivity index (χ0n) is 25.0. The molecule has 1 atom stereocenters. The number of benzene rings is 1. The molecule has 3 aromatic rings. The van der Waals surface area contributed by atoms with Gasteiger partial charge in [0.15, 0.2) is 6.04 Å². The third-order valence-corrected chi connectivity index (χ3v) is 6.01. The Kier molecular flexibility index (Phi) is 12.7. The van der Waals surface area contributed by atoms with Crippen molar-refractivity contribution < 1.29 is 9.59 Å². The molecule has 0 bridgehead atoms. The number of hydrogen-bond donors (Lipinski definition) is 3. The van der Waals surface area contributed by atoms with Crippen molar-refractivity contribution in [1.82, 2.24) is 40.1 Å². The van der Waals surface area contributed by atoms with Gasteiger partial charge in [0.25, 0.3) is 5.91 Å². The third kappa shape index (κ3) is 10.3. The molecule has 224 valence electrons. The first-order valence-corrected chi connectivity index (χ1v) is 14.0. The number of nitrogens with one attached hydrogen (secondary N) is 3. The van der Waals surface area contributed by atoms with E-state index < -0.39 is 11.9 Å². The molecular formula is C31H38N10O2. The SMILES string of the molecule is C#C[C@@H](C(=O)NCCCC#Cc1cnc(Nc2ccc(-n3ccnn3)cc2)nc1NCCC)N(C)C(=O)/C=C/CN(C)C. The van der Waals surface area contributed by atoms with Crippen LogP contribution >= 0.6 is 0 Å². The second-order valence-electron chi connectivity index (χ2n) is 9.78. The Labute approximate surface area is 253 Å². The lowest BCUT2D eigenvalue weighted by Crippen LogP contribution is -2.46. The molecule has 2 amide bonds. The Hall–Kier alpha value is -5.20. The van der Waals surface area contributed by atoms with Gasteiger partial charge in [-0.2, -0.15) is 4.98 Å². The van der Waals surface area contributed by atoms with Crippen molar-refractivity contribution in [2.75, 3.05) is 51.4 Å². The molecule has 0 saturated heterocycles. The van der Waals surface area contributed by atoms with Crippen LogP contribution in [0.5, 0.6) is 0 Å². The maximum atomic E-state index is 12.6. The van der Waals surface area contributed by atoms with Crippen LogP contribution < -0.4 is 16.0 Å². The normalized spacial score (nSPS) is 11.3. The van der Waals surface area contributed by atoms with Gasteiger partial charge in [-0.25, -0.2) is 9.67 Å². The van der Waals surface area contributed by atoms with Gasteiger partial charge in [-0.05, 0) is 51.2 Å². The van der Waals surface area contributed by atoms with Crippen molar-refractivity contribution >= 4 is 29.3 Å². The van der Waals surface area contributed by atoms with Crippen LogP contribution in [-0.2, 0) is 9.59 Å². The average molecular weight is 583 g/mol. The number of hydrogen-bond acceptors (Lipinski definition) is 9. The van der Waals surface area contributed by atoms with Gasteiger partial charge in [0.2, 0.25) is 11.9 Å². The lowest BCUT2D eigenvalue weighted by atomic mass is 10.2. The zero-order chi connectivity index (χ0) is 31.0. The molecule has 12 heteroatoms. The monoisotopic (exact) mass is 582 g/mol. The van der Waals surface area contributed by atoms with Gasteiger partial charge in [-0.15, -0.1) is 11.5 Å². The fourth-order valence-electron chi connectivity index (χ4n) is 3.70. The Morgan fingerprint density at radius 2 is 1.95 bits per heavy atom. The van der Waals surface area contributed by atoms with E-state index in [4.69, 9.17) is 6.42 Å². The summed E-state index contributed by atoms with van der Waals surface area (Å²) in [5, 5.41) is 17.1. The highest BCUT2D eigenvalue weighted by Gasteiger charge is 2.23. The van der Waals surface area contributed by atoms with E-state index in [1.165, 1.54) is 18.0 Å². The number of rotatable bonds is 14. The van der Waals surface area contributed by atoms with Gasteiger partial charge in [0.1, 0.15) is 5.82 Å². The zero-order valence-corrected chi connectivity index (χ0v) is 25.0. The topological polar surface area (TPSA) is 133 Å². The van der Waals surface area contributed by atoms with Crippen LogP contribution in [0, 0.1) is 24.2 Å². The van der Waals surface area contributed by atoms with Crippen LogP contribution in [0.3, 0.4) is 0 Å². The molecule has 1 aromatic carbocycles. The summed E-state index contributed by atoms with van der Waals surface area (Å²) in [5.41, 5.74) is 2.40. The summed E-state index contributed by atoms with van der Waals surface area (Å²) in [5.74, 6) is 9.00. The van der Waals surface area contributed by atoms with Crippen molar-refractivity contribution in [2.24, 2.45) is 0 Å². The highest BCUT2D eigenvalue weighted by Crippen LogP contribution is 2.19. The van der Waals surface area contributed by atoms with E-state index >= 15 is 0 Å². The maximum absolute atomic E-state index is 12.6. The summed E-state index contributed by atoms with van der Waals surface area (Å²) >= 11 is 0. The van der Waals surface area contributed by atoms with Gasteiger partial charge in [0.05, 0.1) is 29.8 Å². The van der Waals surface area contributed by atoms with Crippen molar-refractivity contribution in [3.8, 4) is 29.9 Å². The van der Waals surface area contributed by atoms with Crippen molar-refractivity contribution in [1.29, 1.82) is 0 Å². The molecule has 12 nitrogen and oxygen atoms in total. The molecule has 3 rings (SSSR count). The Bertz CT molecular complexity index is 1460. The second kappa shape index (κ2) is 16.9. The van der Waals surface area contributed by atoms with Gasteiger partial charge in [-0.1, -0.05) is 36.0 Å². The number of carbonyl (C=O) groups excluding carboxylic acids is 2. The summed E-state index contributed by atoms with van der Waals surface area (Å²) in [7, 11) is 5.31. The van der Waals surface area contributed by atoms with Gasteiger partial charge < -0.3 is 25.8 Å². The number of nitrogens with zero attached hydrogens (tertiary/aromatic N) is 7. The highest BCUT2D eigenvalue weighted by molar-refractivity contribution is 5.94. The molecule has 0 saturated carbocycles. The van der Waals surface area contributed by atoms with Crippen LogP contribution in [-0.4, -0.2) is 93.4 Å². The number of terminal acetylenes is 1. The predicted molar refractivity (Wildman–Crippen MR) is 168 cm³/mol. The van der Waals surface area contributed by atoms with Crippen LogP contribution in [0.25, 0.3) is 5.69 Å². The molecule has 2 aromatic heterocycles. The van der Waals surface area contributed by atoms with Crippen molar-refractivity contribution in [3.63, 3.8) is 0 Å². The fourth-order valence-corrected chi connectivity index (χ4v) is 3.70. The smallest absolute Gasteiger partial charge is 0.255 e. The second-order valence-corrected chi connectivity index (χ2v) is 9.78. The standard InChI is InChI=1S/C31H38N10O2/c1-6-18-32-29-24(23-34-31(37-29)36-25-14-16-26(17-15-25)41-22-20-35-38-41)12-9-8-10-19-33-30(43)27(7-2)40(5)28(42)13-11-21-39(3)4/h2,11,13-17,20,22-23,27H,6,8,10,18-19,21H2,1,3-5H3,(H,33,43)(H2,32,34,36,37)/b13-11+/t27-/m0/s1. The number of likely N-dealkylation sites (N-methyl/N-ethyl adjacent to an activating group) is 2. The number of amides is 2. The van der Waals surface area contributed by atoms with Gasteiger partial charge in [0, 0.05) is 44.9 Å². The lowest BCUT2D eigenvalue weighted by Gasteiger charge is -2.22. The van der Waals surface area contributed by atoms with E-state index in [0.29, 0.717) is 43.3 Å². The third-order valence-electron chi connectivity index (χ3n) is 6.01. The van der Waals surface area contributed by atoms with Gasteiger partial charge >= 0.3 is 0 Å². The number of unbranched alkanes of at least 4 members (excludes halogenated alkanes) is 1. The van der Waals surface area contributed by atoms with Crippen LogP contribution in [0.4, 0.5) is 17.5 Å². The largest absolute Gasteiger partial charge is 0.369 e. The predicted octanol–water partition coefficient (Wildman–Crippen LogP) is 2.45. The minimum Gasteiger partial charge on any atom is -0.369 e. The molecule has 0 aliphatic carbocycles. The average Bonchev–Trinajstić information content (AvgIpc) is 3.54. The molecule has 2 heterocycles. The minimum absolute atomic E-state index is 0.331. The van der Waals surface area contributed by atoms with E-state index in [-0.39, 0.29) is 5.91 Å². The molecule has 3 N–H and O–H groups in total. The summed E-state index contributed by atoms with van der Waals surface area (Å²) in [6.45, 7) is 3.80. The Balaban J connectivity index is 1.53. The molecule has 0 fully saturated rings. The van der Waals surface area contributed by atoms with E-state index in [9.17, 15) is 9.59 Å². The van der Waals surface area contributed by atoms with Crippen LogP contribution in [0.1, 0.15) is 31.7 Å². The first kappa shape index (κ1) is 32.3. The number of anilines is 3.